The van der Waals surface area contributed by atoms with E-state index in [2.05, 4.69) is 21.0 Å². The third-order valence-electron chi connectivity index (χ3n) is 7.34. The zero-order valence-electron chi connectivity index (χ0n) is 31.2. The van der Waals surface area contributed by atoms with Crippen LogP contribution in [0.1, 0.15) is 61.6 Å². The first kappa shape index (κ1) is 43.8. The predicted molar refractivity (Wildman–Crippen MR) is 210 cm³/mol. The number of nitro groups is 1. The highest BCUT2D eigenvalue weighted by Crippen LogP contribution is 2.26. The van der Waals surface area contributed by atoms with E-state index >= 15 is 0 Å². The molecular formula is C41H46F2N6O5. The summed E-state index contributed by atoms with van der Waals surface area (Å²) in [5.74, 6) is -0.440. The zero-order chi connectivity index (χ0) is 40.0. The number of nitrogens with zero attached hydrogens (tertiary/aromatic N) is 4. The van der Waals surface area contributed by atoms with Crippen molar-refractivity contribution in [2.24, 2.45) is 5.73 Å². The van der Waals surface area contributed by atoms with Crippen molar-refractivity contribution >= 4 is 18.0 Å². The van der Waals surface area contributed by atoms with Crippen LogP contribution in [0.2, 0.25) is 0 Å². The third kappa shape index (κ3) is 13.3. The Morgan fingerprint density at radius 2 is 1.72 bits per heavy atom. The van der Waals surface area contributed by atoms with Crippen LogP contribution >= 0.6 is 0 Å². The van der Waals surface area contributed by atoms with E-state index in [4.69, 9.17) is 4.74 Å². The Balaban J connectivity index is 0.000000275. The van der Waals surface area contributed by atoms with Crippen LogP contribution in [0.5, 0.6) is 11.5 Å². The second-order valence-electron chi connectivity index (χ2n) is 11.4. The van der Waals surface area contributed by atoms with Gasteiger partial charge in [-0.2, -0.15) is 0 Å². The van der Waals surface area contributed by atoms with Crippen molar-refractivity contribution in [2.45, 2.75) is 46.7 Å². The van der Waals surface area contributed by atoms with Gasteiger partial charge in [-0.25, -0.2) is 13.8 Å². The first-order valence-electron chi connectivity index (χ1n) is 16.9. The van der Waals surface area contributed by atoms with Crippen molar-refractivity contribution in [1.29, 1.82) is 0 Å². The number of rotatable bonds is 11. The summed E-state index contributed by atoms with van der Waals surface area (Å²) in [4.78, 5) is 41.9. The molecule has 2 heterocycles. The summed E-state index contributed by atoms with van der Waals surface area (Å²) in [5, 5.41) is 13.8. The number of pyridine rings is 1. The van der Waals surface area contributed by atoms with Crippen LogP contribution in [0.25, 0.3) is 17.5 Å². The molecule has 0 aliphatic carbocycles. The highest BCUT2D eigenvalue weighted by molar-refractivity contribution is 5.74. The molecule has 0 fully saturated rings. The molecule has 284 valence electrons. The summed E-state index contributed by atoms with van der Waals surface area (Å²) in [6, 6.07) is 20.0. The molecular weight excluding hydrogens is 694 g/mol. The van der Waals surface area contributed by atoms with Crippen molar-refractivity contribution in [3.05, 3.63) is 164 Å². The molecule has 1 atom stereocenters. The first-order chi connectivity index (χ1) is 26.0. The number of anilines is 1. The summed E-state index contributed by atoms with van der Waals surface area (Å²) < 4.78 is 32.8. The van der Waals surface area contributed by atoms with Crippen molar-refractivity contribution in [3.8, 4) is 22.9 Å². The molecule has 0 saturated heterocycles. The standard InChI is InChI=1S/C15H17N3O.C13H8F2O2.C12H16N2O2.CH5N/c1-3-4-10-18-14(12-8-6-5-7-9-12)17-11-13(16-2)15(18)19;14-10-3-6-13(12(15)7-10)17-11-4-1-9(8-16)2-5-11;1-4-12(14(15)16)11-5-6-13-8-10(11)7-9(2)3;1-2/h3-9,11,16H,10H2,1-2H3;1-8H;5-8,12H,4H2,1-3H3;2H2,1H3/b4-3+;;;. The fourth-order valence-corrected chi connectivity index (χ4v) is 4.80. The highest BCUT2D eigenvalue weighted by atomic mass is 19.1. The lowest BCUT2D eigenvalue weighted by molar-refractivity contribution is -0.529. The lowest BCUT2D eigenvalue weighted by atomic mass is 10.00. The summed E-state index contributed by atoms with van der Waals surface area (Å²) in [6.45, 7) is 8.19. The van der Waals surface area contributed by atoms with E-state index in [1.807, 2.05) is 76.3 Å². The molecule has 5 rings (SSSR count). The Morgan fingerprint density at radius 3 is 2.28 bits per heavy atom. The molecule has 0 saturated carbocycles. The Bertz CT molecular complexity index is 2050. The maximum absolute atomic E-state index is 13.3. The van der Waals surface area contributed by atoms with Gasteiger partial charge in [0.05, 0.1) is 6.20 Å². The maximum atomic E-state index is 13.3. The largest absolute Gasteiger partial charge is 0.454 e. The van der Waals surface area contributed by atoms with Crippen LogP contribution in [-0.4, -0.2) is 39.8 Å². The summed E-state index contributed by atoms with van der Waals surface area (Å²) >= 11 is 0. The Morgan fingerprint density at radius 1 is 1.04 bits per heavy atom. The number of benzene rings is 3. The van der Waals surface area contributed by atoms with E-state index in [0.29, 0.717) is 42.1 Å². The second kappa shape index (κ2) is 23.3. The molecule has 0 radical (unpaired) electrons. The number of halogens is 2. The lowest BCUT2D eigenvalue weighted by Gasteiger charge is -2.12. The number of ether oxygens (including phenoxy) is 1. The van der Waals surface area contributed by atoms with Crippen LogP contribution in [0, 0.1) is 21.7 Å². The molecule has 13 heteroatoms. The quantitative estimate of drug-likeness (QED) is 0.0584. The second-order valence-corrected chi connectivity index (χ2v) is 11.4. The minimum atomic E-state index is -0.774. The molecule has 0 aliphatic rings. The van der Waals surface area contributed by atoms with Crippen LogP contribution in [-0.2, 0) is 6.54 Å². The molecule has 1 unspecified atom stereocenters. The predicted octanol–water partition coefficient (Wildman–Crippen LogP) is 8.91. The topological polar surface area (TPSA) is 155 Å². The SMILES string of the molecule is C/C=C/Cn1c(-c2ccccc2)ncc(NC)c1=O.CCC(c1ccncc1C=C(C)C)[N+](=O)[O-].CN.O=Cc1ccc(Oc2ccc(F)cc2F)cc1. The van der Waals surface area contributed by atoms with Crippen molar-refractivity contribution < 1.29 is 23.2 Å². The summed E-state index contributed by atoms with van der Waals surface area (Å²) in [7, 11) is 3.22. The van der Waals surface area contributed by atoms with Crippen molar-refractivity contribution in [1.82, 2.24) is 14.5 Å². The average molecular weight is 741 g/mol. The number of aromatic nitrogens is 3. The molecule has 0 amide bonds. The smallest absolute Gasteiger partial charge is 0.277 e. The van der Waals surface area contributed by atoms with Gasteiger partial charge in [-0.15, -0.1) is 0 Å². The molecule has 11 nitrogen and oxygen atoms in total. The fraction of sp³-hybridized carbons (Fsp3) is 0.220. The number of carbonyl (C=O) groups excluding carboxylic acids is 1. The molecule has 3 N–H and O–H groups in total. The van der Waals surface area contributed by atoms with Crippen LogP contribution in [0.15, 0.2) is 120 Å². The fourth-order valence-electron chi connectivity index (χ4n) is 4.80. The van der Waals surface area contributed by atoms with Crippen LogP contribution < -0.4 is 21.3 Å². The van der Waals surface area contributed by atoms with Gasteiger partial charge >= 0.3 is 0 Å². The molecule has 3 aromatic carbocycles. The number of hydrogen-bond donors (Lipinski definition) is 2. The minimum Gasteiger partial charge on any atom is -0.454 e. The van der Waals surface area contributed by atoms with Gasteiger partial charge in [0.2, 0.25) is 6.04 Å². The zero-order valence-corrected chi connectivity index (χ0v) is 31.2. The average Bonchev–Trinajstić information content (AvgIpc) is 3.18. The van der Waals surface area contributed by atoms with Gasteiger partial charge in [-0.1, -0.05) is 61.1 Å². The van der Waals surface area contributed by atoms with Crippen molar-refractivity contribution in [2.75, 3.05) is 19.4 Å². The normalized spacial score (nSPS) is 10.6. The van der Waals surface area contributed by atoms with Gasteiger partial charge in [0, 0.05) is 65.7 Å². The maximum Gasteiger partial charge on any atom is 0.277 e. The highest BCUT2D eigenvalue weighted by Gasteiger charge is 2.22. The molecule has 5 aromatic rings. The Hall–Kier alpha value is -6.34. The number of nitrogens with one attached hydrogen (secondary N) is 1. The summed E-state index contributed by atoms with van der Waals surface area (Å²) in [5.41, 5.74) is 9.06. The van der Waals surface area contributed by atoms with Gasteiger partial charge in [-0.3, -0.25) is 29.3 Å². The van der Waals surface area contributed by atoms with E-state index in [-0.39, 0.29) is 16.2 Å². The van der Waals surface area contributed by atoms with Gasteiger partial charge in [0.25, 0.3) is 5.56 Å². The van der Waals surface area contributed by atoms with E-state index in [0.717, 1.165) is 34.4 Å². The number of carbonyl (C=O) groups is 1. The monoisotopic (exact) mass is 740 g/mol. The Kier molecular flexibility index (Phi) is 18.9. The molecule has 0 bridgehead atoms. The van der Waals surface area contributed by atoms with E-state index in [1.165, 1.54) is 25.2 Å². The van der Waals surface area contributed by atoms with E-state index < -0.39 is 17.7 Å². The third-order valence-corrected chi connectivity index (χ3v) is 7.34. The first-order valence-corrected chi connectivity index (χ1v) is 16.9. The number of nitrogens with two attached hydrogens (primary N) is 1. The molecule has 2 aromatic heterocycles. The molecule has 54 heavy (non-hydrogen) atoms. The minimum absolute atomic E-state index is 0.0607. The van der Waals surface area contributed by atoms with Crippen LogP contribution in [0.4, 0.5) is 14.5 Å². The van der Waals surface area contributed by atoms with Gasteiger partial charge in [0.1, 0.15) is 29.4 Å². The summed E-state index contributed by atoms with van der Waals surface area (Å²) in [6.07, 6.45) is 11.8. The Labute approximate surface area is 314 Å². The lowest BCUT2D eigenvalue weighted by Crippen LogP contribution is -2.24. The number of hydrogen-bond acceptors (Lipinski definition) is 9. The van der Waals surface area contributed by atoms with Crippen molar-refractivity contribution in [3.63, 3.8) is 0 Å². The number of allylic oxidation sites excluding steroid dienone is 3. The van der Waals surface area contributed by atoms with Gasteiger partial charge < -0.3 is 15.8 Å². The van der Waals surface area contributed by atoms with E-state index in [1.54, 1.807) is 48.4 Å². The van der Waals surface area contributed by atoms with E-state index in [9.17, 15) is 28.5 Å². The van der Waals surface area contributed by atoms with Gasteiger partial charge in [-0.05, 0) is 70.3 Å². The van der Waals surface area contributed by atoms with Crippen LogP contribution in [0.3, 0.4) is 0 Å². The molecule has 0 spiro atoms. The number of aldehydes is 1. The van der Waals surface area contributed by atoms with Gasteiger partial charge in [0.15, 0.2) is 11.6 Å². The molecule has 0 aliphatic heterocycles.